The number of hydrogen-bond donors (Lipinski definition) is 1. The van der Waals surface area contributed by atoms with Gasteiger partial charge < -0.3 is 14.8 Å². The highest BCUT2D eigenvalue weighted by Gasteiger charge is 2.26. The summed E-state index contributed by atoms with van der Waals surface area (Å²) >= 11 is 0. The third kappa shape index (κ3) is 3.00. The van der Waals surface area contributed by atoms with Crippen molar-refractivity contribution in [1.82, 2.24) is 24.8 Å². The Morgan fingerprint density at radius 1 is 1.35 bits per heavy atom. The van der Waals surface area contributed by atoms with Gasteiger partial charge in [-0.25, -0.2) is 9.97 Å². The van der Waals surface area contributed by atoms with Crippen LogP contribution in [0.2, 0.25) is 0 Å². The Morgan fingerprint density at radius 2 is 2.30 bits per heavy atom. The zero-order valence-electron chi connectivity index (χ0n) is 14.0. The van der Waals surface area contributed by atoms with E-state index in [1.165, 1.54) is 44.7 Å². The van der Waals surface area contributed by atoms with Crippen LogP contribution in [-0.2, 0) is 6.42 Å². The molecule has 4 rings (SSSR count). The summed E-state index contributed by atoms with van der Waals surface area (Å²) in [5, 5.41) is 3.54. The summed E-state index contributed by atoms with van der Waals surface area (Å²) < 4.78 is 2.44. The minimum absolute atomic E-state index is 0.502. The number of piperidine rings is 1. The Bertz CT molecular complexity index is 658. The van der Waals surface area contributed by atoms with Crippen molar-refractivity contribution in [1.29, 1.82) is 0 Å². The quantitative estimate of drug-likeness (QED) is 0.940. The number of rotatable bonds is 4. The summed E-state index contributed by atoms with van der Waals surface area (Å²) in [4.78, 5) is 12.2. The van der Waals surface area contributed by atoms with Gasteiger partial charge in [-0.05, 0) is 56.9 Å². The van der Waals surface area contributed by atoms with E-state index in [4.69, 9.17) is 4.98 Å². The highest BCUT2D eigenvalue weighted by Crippen LogP contribution is 2.27. The minimum atomic E-state index is 0.502. The van der Waals surface area contributed by atoms with Crippen molar-refractivity contribution in [2.24, 2.45) is 5.92 Å². The van der Waals surface area contributed by atoms with Gasteiger partial charge in [0.2, 0.25) is 0 Å². The lowest BCUT2D eigenvalue weighted by atomic mass is 10.0. The molecule has 2 fully saturated rings. The second kappa shape index (κ2) is 6.57. The van der Waals surface area contributed by atoms with Crippen molar-refractivity contribution in [3.8, 4) is 0 Å². The van der Waals surface area contributed by atoms with Crippen molar-refractivity contribution in [2.45, 2.75) is 38.6 Å². The topological polar surface area (TPSA) is 46.0 Å². The monoisotopic (exact) mass is 313 g/mol. The highest BCUT2D eigenvalue weighted by atomic mass is 15.2. The predicted molar refractivity (Wildman–Crippen MR) is 92.6 cm³/mol. The molecular weight excluding hydrogens is 286 g/mol. The molecule has 2 atom stereocenters. The highest BCUT2D eigenvalue weighted by molar-refractivity contribution is 5.71. The smallest absolute Gasteiger partial charge is 0.160 e. The standard InChI is InChI=1S/C18H27N5/c1-2-22-10-7-14(13-22)11-17-21-16-6-4-9-20-18(16)23(17)15-5-3-8-19-12-15/h4,6,9,14-15,19H,2-3,5,7-8,10-13H2,1H3. The normalized spacial score (nSPS) is 26.1. The zero-order chi connectivity index (χ0) is 15.6. The molecule has 1 N–H and O–H groups in total. The van der Waals surface area contributed by atoms with Crippen LogP contribution in [0.25, 0.3) is 11.2 Å². The van der Waals surface area contributed by atoms with Gasteiger partial charge in [0.1, 0.15) is 11.3 Å². The van der Waals surface area contributed by atoms with E-state index in [9.17, 15) is 0 Å². The van der Waals surface area contributed by atoms with E-state index in [0.717, 1.165) is 36.6 Å². The number of pyridine rings is 1. The Morgan fingerprint density at radius 3 is 3.09 bits per heavy atom. The molecular formula is C18H27N5. The molecule has 2 unspecified atom stereocenters. The largest absolute Gasteiger partial charge is 0.315 e. The van der Waals surface area contributed by atoms with Crippen LogP contribution in [0.15, 0.2) is 18.3 Å². The molecule has 124 valence electrons. The third-order valence-electron chi connectivity index (χ3n) is 5.45. The number of nitrogens with one attached hydrogen (secondary N) is 1. The first kappa shape index (κ1) is 15.1. The number of hydrogen-bond acceptors (Lipinski definition) is 4. The fourth-order valence-corrected chi connectivity index (χ4v) is 4.18. The van der Waals surface area contributed by atoms with Crippen molar-refractivity contribution in [3.05, 3.63) is 24.2 Å². The van der Waals surface area contributed by atoms with E-state index in [2.05, 4.69) is 32.8 Å². The van der Waals surface area contributed by atoms with Gasteiger partial charge in [-0.3, -0.25) is 0 Å². The maximum atomic E-state index is 4.96. The Labute approximate surface area is 138 Å². The van der Waals surface area contributed by atoms with Crippen LogP contribution in [-0.4, -0.2) is 52.2 Å². The van der Waals surface area contributed by atoms with Crippen molar-refractivity contribution in [2.75, 3.05) is 32.7 Å². The first-order valence-electron chi connectivity index (χ1n) is 9.10. The third-order valence-corrected chi connectivity index (χ3v) is 5.45. The van der Waals surface area contributed by atoms with Crippen LogP contribution in [0.5, 0.6) is 0 Å². The fraction of sp³-hybridized carbons (Fsp3) is 0.667. The SMILES string of the molecule is CCN1CCC(Cc2nc3cccnc3n2C2CCCNC2)C1. The lowest BCUT2D eigenvalue weighted by Gasteiger charge is -2.26. The predicted octanol–water partition coefficient (Wildman–Crippen LogP) is 2.24. The molecule has 0 aliphatic carbocycles. The van der Waals surface area contributed by atoms with Crippen LogP contribution in [0.3, 0.4) is 0 Å². The van der Waals surface area contributed by atoms with Gasteiger partial charge in [-0.1, -0.05) is 6.92 Å². The molecule has 4 heterocycles. The molecule has 2 aliphatic heterocycles. The average Bonchev–Trinajstić information content (AvgIpc) is 3.19. The van der Waals surface area contributed by atoms with Crippen molar-refractivity contribution in [3.63, 3.8) is 0 Å². The molecule has 0 aromatic carbocycles. The van der Waals surface area contributed by atoms with Gasteiger partial charge in [0.05, 0.1) is 0 Å². The molecule has 2 aliphatic rings. The molecule has 2 saturated heterocycles. The molecule has 0 radical (unpaired) electrons. The summed E-state index contributed by atoms with van der Waals surface area (Å²) in [6.07, 6.45) is 6.75. The first-order valence-corrected chi connectivity index (χ1v) is 9.10. The molecule has 5 nitrogen and oxygen atoms in total. The lowest BCUT2D eigenvalue weighted by Crippen LogP contribution is -2.32. The maximum Gasteiger partial charge on any atom is 0.160 e. The number of imidazole rings is 1. The summed E-state index contributed by atoms with van der Waals surface area (Å²) in [6.45, 7) is 8.07. The van der Waals surface area contributed by atoms with Gasteiger partial charge in [-0.15, -0.1) is 0 Å². The van der Waals surface area contributed by atoms with E-state index >= 15 is 0 Å². The Hall–Kier alpha value is -1.46. The van der Waals surface area contributed by atoms with E-state index < -0.39 is 0 Å². The molecule has 23 heavy (non-hydrogen) atoms. The zero-order valence-corrected chi connectivity index (χ0v) is 14.0. The second-order valence-electron chi connectivity index (χ2n) is 7.00. The van der Waals surface area contributed by atoms with E-state index in [-0.39, 0.29) is 0 Å². The maximum absolute atomic E-state index is 4.96. The Balaban J connectivity index is 1.65. The van der Waals surface area contributed by atoms with Crippen LogP contribution in [0.1, 0.15) is 38.1 Å². The number of likely N-dealkylation sites (tertiary alicyclic amines) is 1. The number of nitrogens with zero attached hydrogens (tertiary/aromatic N) is 4. The van der Waals surface area contributed by atoms with Gasteiger partial charge in [0, 0.05) is 31.7 Å². The molecule has 2 aromatic heterocycles. The first-order chi connectivity index (χ1) is 11.3. The summed E-state index contributed by atoms with van der Waals surface area (Å²) in [7, 11) is 0. The molecule has 0 saturated carbocycles. The van der Waals surface area contributed by atoms with Crippen LogP contribution >= 0.6 is 0 Å². The molecule has 0 amide bonds. The molecule has 0 bridgehead atoms. The van der Waals surface area contributed by atoms with Crippen LogP contribution in [0, 0.1) is 5.92 Å². The summed E-state index contributed by atoms with van der Waals surface area (Å²) in [5.74, 6) is 1.98. The van der Waals surface area contributed by atoms with Crippen molar-refractivity contribution >= 4 is 11.2 Å². The lowest BCUT2D eigenvalue weighted by molar-refractivity contribution is 0.335. The molecule has 0 spiro atoms. The summed E-state index contributed by atoms with van der Waals surface area (Å²) in [6, 6.07) is 4.60. The summed E-state index contributed by atoms with van der Waals surface area (Å²) in [5.41, 5.74) is 2.12. The fourth-order valence-electron chi connectivity index (χ4n) is 4.18. The van der Waals surface area contributed by atoms with Crippen LogP contribution in [0.4, 0.5) is 0 Å². The molecule has 5 heteroatoms. The van der Waals surface area contributed by atoms with Gasteiger partial charge in [-0.2, -0.15) is 0 Å². The number of aromatic nitrogens is 3. The molecule has 2 aromatic rings. The van der Waals surface area contributed by atoms with Gasteiger partial charge in [0.25, 0.3) is 0 Å². The van der Waals surface area contributed by atoms with E-state index in [1.807, 2.05) is 12.3 Å². The second-order valence-corrected chi connectivity index (χ2v) is 7.00. The van der Waals surface area contributed by atoms with Gasteiger partial charge >= 0.3 is 0 Å². The van der Waals surface area contributed by atoms with E-state index in [1.54, 1.807) is 0 Å². The number of fused-ring (bicyclic) bond motifs is 1. The Kier molecular flexibility index (Phi) is 4.31. The van der Waals surface area contributed by atoms with Gasteiger partial charge in [0.15, 0.2) is 5.65 Å². The van der Waals surface area contributed by atoms with E-state index in [0.29, 0.717) is 6.04 Å². The van der Waals surface area contributed by atoms with Crippen molar-refractivity contribution < 1.29 is 0 Å². The average molecular weight is 313 g/mol. The minimum Gasteiger partial charge on any atom is -0.315 e. The van der Waals surface area contributed by atoms with Crippen LogP contribution < -0.4 is 5.32 Å².